The maximum atomic E-state index is 12.5. The maximum Gasteiger partial charge on any atom is 0.241 e. The van der Waals surface area contributed by atoms with Crippen molar-refractivity contribution in [3.63, 3.8) is 0 Å². The molecule has 116 valence electrons. The molecule has 0 saturated carbocycles. The van der Waals surface area contributed by atoms with Gasteiger partial charge in [0.05, 0.1) is 0 Å². The van der Waals surface area contributed by atoms with Gasteiger partial charge in [0.25, 0.3) is 0 Å². The van der Waals surface area contributed by atoms with Gasteiger partial charge in [0, 0.05) is 17.8 Å². The van der Waals surface area contributed by atoms with E-state index in [0.717, 1.165) is 11.8 Å². The third-order valence-electron chi connectivity index (χ3n) is 3.93. The zero-order valence-electron chi connectivity index (χ0n) is 11.9. The van der Waals surface area contributed by atoms with Crippen molar-refractivity contribution in [3.05, 3.63) is 34.9 Å². The molecule has 1 heterocycles. The molecule has 1 aromatic carbocycles. The van der Waals surface area contributed by atoms with Gasteiger partial charge in [0.15, 0.2) is 14.6 Å². The van der Waals surface area contributed by atoms with Crippen LogP contribution in [0.1, 0.15) is 18.4 Å². The van der Waals surface area contributed by atoms with Crippen molar-refractivity contribution >= 4 is 27.3 Å². The number of amides is 1. The van der Waals surface area contributed by atoms with E-state index in [1.54, 1.807) is 18.2 Å². The molecule has 2 rings (SSSR count). The van der Waals surface area contributed by atoms with Crippen LogP contribution >= 0.6 is 11.6 Å². The second-order valence-electron chi connectivity index (χ2n) is 5.29. The SMILES string of the molecule is CS(=O)(=O)C1(C(=O)NCc2ccccc2Cl)CCNCC1. The van der Waals surface area contributed by atoms with E-state index in [1.807, 2.05) is 6.07 Å². The predicted octanol–water partition coefficient (Wildman–Crippen LogP) is 1.12. The molecule has 0 aromatic heterocycles. The maximum absolute atomic E-state index is 12.5. The average Bonchev–Trinajstić information content (AvgIpc) is 2.45. The van der Waals surface area contributed by atoms with Gasteiger partial charge in [-0.3, -0.25) is 4.79 Å². The highest BCUT2D eigenvalue weighted by molar-refractivity contribution is 7.92. The molecule has 1 aliphatic heterocycles. The summed E-state index contributed by atoms with van der Waals surface area (Å²) in [6.45, 7) is 1.27. The summed E-state index contributed by atoms with van der Waals surface area (Å²) in [6, 6.07) is 7.17. The van der Waals surface area contributed by atoms with E-state index in [-0.39, 0.29) is 6.54 Å². The molecular weight excluding hydrogens is 312 g/mol. The van der Waals surface area contributed by atoms with E-state index in [0.29, 0.717) is 31.0 Å². The highest BCUT2D eigenvalue weighted by Gasteiger charge is 2.48. The Balaban J connectivity index is 2.15. The van der Waals surface area contributed by atoms with Gasteiger partial charge < -0.3 is 10.6 Å². The summed E-state index contributed by atoms with van der Waals surface area (Å²) in [7, 11) is -3.49. The Bertz CT molecular complexity index is 625. The molecule has 1 saturated heterocycles. The second kappa shape index (κ2) is 6.34. The van der Waals surface area contributed by atoms with Crippen LogP contribution in [0.25, 0.3) is 0 Å². The lowest BCUT2D eigenvalue weighted by atomic mass is 9.95. The summed E-state index contributed by atoms with van der Waals surface area (Å²) in [5.74, 6) is -0.439. The number of carbonyl (C=O) groups excluding carboxylic acids is 1. The van der Waals surface area contributed by atoms with Crippen LogP contribution in [-0.4, -0.2) is 38.4 Å². The van der Waals surface area contributed by atoms with Crippen molar-refractivity contribution in [3.8, 4) is 0 Å². The number of piperidine rings is 1. The Morgan fingerprint density at radius 1 is 1.33 bits per heavy atom. The van der Waals surface area contributed by atoms with Gasteiger partial charge in [-0.15, -0.1) is 0 Å². The molecule has 0 atom stereocenters. The van der Waals surface area contributed by atoms with Crippen LogP contribution in [0.3, 0.4) is 0 Å². The number of halogens is 1. The molecule has 0 spiro atoms. The molecule has 5 nitrogen and oxygen atoms in total. The summed E-state index contributed by atoms with van der Waals surface area (Å²) in [5.41, 5.74) is 0.769. The fraction of sp³-hybridized carbons (Fsp3) is 0.500. The Morgan fingerprint density at radius 3 is 2.52 bits per heavy atom. The van der Waals surface area contributed by atoms with E-state index in [1.165, 1.54) is 0 Å². The van der Waals surface area contributed by atoms with Crippen molar-refractivity contribution in [1.82, 2.24) is 10.6 Å². The molecule has 21 heavy (non-hydrogen) atoms. The van der Waals surface area contributed by atoms with Crippen LogP contribution in [0.4, 0.5) is 0 Å². The number of hydrogen-bond donors (Lipinski definition) is 2. The molecule has 1 amide bonds. The minimum Gasteiger partial charge on any atom is -0.351 e. The van der Waals surface area contributed by atoms with E-state index < -0.39 is 20.5 Å². The molecule has 2 N–H and O–H groups in total. The topological polar surface area (TPSA) is 75.3 Å². The van der Waals surface area contributed by atoms with Gasteiger partial charge in [-0.25, -0.2) is 8.42 Å². The van der Waals surface area contributed by atoms with Crippen molar-refractivity contribution < 1.29 is 13.2 Å². The first-order chi connectivity index (χ1) is 9.87. The van der Waals surface area contributed by atoms with Gasteiger partial charge in [-0.05, 0) is 37.6 Å². The van der Waals surface area contributed by atoms with Crippen LogP contribution < -0.4 is 10.6 Å². The molecule has 0 aliphatic carbocycles. The molecule has 1 aromatic rings. The lowest BCUT2D eigenvalue weighted by Gasteiger charge is -2.34. The van der Waals surface area contributed by atoms with Crippen LogP contribution in [-0.2, 0) is 21.2 Å². The molecule has 0 radical (unpaired) electrons. The van der Waals surface area contributed by atoms with Gasteiger partial charge >= 0.3 is 0 Å². The number of hydrogen-bond acceptors (Lipinski definition) is 4. The summed E-state index contributed by atoms with van der Waals surface area (Å²) in [4.78, 5) is 12.5. The molecule has 1 aliphatic rings. The fourth-order valence-corrected chi connectivity index (χ4v) is 4.13. The summed E-state index contributed by atoms with van der Waals surface area (Å²) in [5, 5.41) is 6.36. The van der Waals surface area contributed by atoms with Crippen molar-refractivity contribution in [2.75, 3.05) is 19.3 Å². The van der Waals surface area contributed by atoms with E-state index in [2.05, 4.69) is 10.6 Å². The number of rotatable bonds is 4. The van der Waals surface area contributed by atoms with Gasteiger partial charge in [0.1, 0.15) is 0 Å². The van der Waals surface area contributed by atoms with Crippen LogP contribution in [0, 0.1) is 0 Å². The van der Waals surface area contributed by atoms with Gasteiger partial charge in [0.2, 0.25) is 5.91 Å². The van der Waals surface area contributed by atoms with Crippen molar-refractivity contribution in [2.45, 2.75) is 24.1 Å². The first-order valence-corrected chi connectivity index (χ1v) is 9.06. The Kier molecular flexibility index (Phi) is 4.91. The normalized spacial score (nSPS) is 18.2. The van der Waals surface area contributed by atoms with E-state index in [9.17, 15) is 13.2 Å². The van der Waals surface area contributed by atoms with Gasteiger partial charge in [-0.1, -0.05) is 29.8 Å². The number of benzene rings is 1. The predicted molar refractivity (Wildman–Crippen MR) is 83.0 cm³/mol. The minimum absolute atomic E-state index is 0.225. The number of nitrogens with one attached hydrogen (secondary N) is 2. The fourth-order valence-electron chi connectivity index (χ4n) is 2.58. The molecular formula is C14H19ClN2O3S. The first kappa shape index (κ1) is 16.3. The van der Waals surface area contributed by atoms with Crippen molar-refractivity contribution in [1.29, 1.82) is 0 Å². The average molecular weight is 331 g/mol. The summed E-state index contributed by atoms with van der Waals surface area (Å²) in [6.07, 6.45) is 1.72. The second-order valence-corrected chi connectivity index (χ2v) is 8.02. The monoisotopic (exact) mass is 330 g/mol. The van der Waals surface area contributed by atoms with Crippen LogP contribution in [0.2, 0.25) is 5.02 Å². The number of carbonyl (C=O) groups is 1. The lowest BCUT2D eigenvalue weighted by Crippen LogP contribution is -2.57. The quantitative estimate of drug-likeness (QED) is 0.867. The minimum atomic E-state index is -3.49. The zero-order valence-corrected chi connectivity index (χ0v) is 13.4. The van der Waals surface area contributed by atoms with E-state index >= 15 is 0 Å². The Morgan fingerprint density at radius 2 is 1.95 bits per heavy atom. The van der Waals surface area contributed by atoms with Crippen LogP contribution in [0.5, 0.6) is 0 Å². The highest BCUT2D eigenvalue weighted by Crippen LogP contribution is 2.28. The standard InChI is InChI=1S/C14H19ClN2O3S/c1-21(19,20)14(6-8-16-9-7-14)13(18)17-10-11-4-2-3-5-12(11)15/h2-5,16H,6-10H2,1H3,(H,17,18). The lowest BCUT2D eigenvalue weighted by molar-refractivity contribution is -0.124. The van der Waals surface area contributed by atoms with Crippen molar-refractivity contribution in [2.24, 2.45) is 0 Å². The molecule has 0 unspecified atom stereocenters. The molecule has 1 fully saturated rings. The highest BCUT2D eigenvalue weighted by atomic mass is 35.5. The smallest absolute Gasteiger partial charge is 0.241 e. The van der Waals surface area contributed by atoms with Gasteiger partial charge in [-0.2, -0.15) is 0 Å². The summed E-state index contributed by atoms with van der Waals surface area (Å²) < 4.78 is 22.9. The summed E-state index contributed by atoms with van der Waals surface area (Å²) >= 11 is 6.04. The third kappa shape index (κ3) is 3.39. The third-order valence-corrected chi connectivity index (χ3v) is 6.31. The largest absolute Gasteiger partial charge is 0.351 e. The first-order valence-electron chi connectivity index (χ1n) is 6.79. The molecule has 0 bridgehead atoms. The Labute approximate surface area is 130 Å². The Hall–Kier alpha value is -1.11. The molecule has 7 heteroatoms. The number of sulfone groups is 1. The van der Waals surface area contributed by atoms with Crippen LogP contribution in [0.15, 0.2) is 24.3 Å². The van der Waals surface area contributed by atoms with E-state index in [4.69, 9.17) is 11.6 Å². The zero-order chi connectivity index (χ0) is 15.5.